The number of alkyl halides is 1. The lowest BCUT2D eigenvalue weighted by Gasteiger charge is -2.47. The summed E-state index contributed by atoms with van der Waals surface area (Å²) in [5.74, 6) is -15.6. The Morgan fingerprint density at radius 3 is 2.09 bits per heavy atom. The molecule has 11 bridgehead atoms. The zero-order valence-electron chi connectivity index (χ0n) is 54.5. The van der Waals surface area contributed by atoms with Crippen LogP contribution >= 0.6 is 23.2 Å². The summed E-state index contributed by atoms with van der Waals surface area (Å²) in [5, 5.41) is 130. The number of nitrogens with one attached hydrogen (secondary N) is 7. The number of nitrogens with two attached hydrogens (primary N) is 2. The molecule has 8 aliphatic rings. The van der Waals surface area contributed by atoms with Crippen LogP contribution in [-0.4, -0.2) is 202 Å². The number of carbonyl (C=O) groups excluding carboxylic acids is 7. The number of phenolic OH excluding ortho intramolecular Hbond substituents is 3. The van der Waals surface area contributed by atoms with E-state index in [-0.39, 0.29) is 52.0 Å². The number of hydrogen-bond donors (Lipinski definition) is 19. The predicted molar refractivity (Wildman–Crippen MR) is 350 cm³/mol. The largest absolute Gasteiger partial charge is 0.508 e. The van der Waals surface area contributed by atoms with E-state index in [2.05, 4.69) is 37.2 Å². The first-order valence-corrected chi connectivity index (χ1v) is 32.7. The minimum absolute atomic E-state index is 0.0951. The van der Waals surface area contributed by atoms with Gasteiger partial charge in [0.1, 0.15) is 89.5 Å². The molecule has 0 radical (unpaired) electrons. The molecule has 7 heterocycles. The Morgan fingerprint density at radius 1 is 0.772 bits per heavy atom. The number of aliphatic carboxylic acids is 1. The molecule has 7 aliphatic heterocycles. The van der Waals surface area contributed by atoms with Gasteiger partial charge in [-0.05, 0) is 110 Å². The van der Waals surface area contributed by atoms with E-state index in [1.165, 1.54) is 45.2 Å². The number of aliphatic hydroxyl groups excluding tert-OH is 6. The van der Waals surface area contributed by atoms with Crippen molar-refractivity contribution in [2.75, 3.05) is 13.7 Å². The number of hydrogen-bond acceptors (Lipinski definition) is 25. The van der Waals surface area contributed by atoms with Crippen LogP contribution in [0.3, 0.4) is 0 Å². The predicted octanol–water partition coefficient (Wildman–Crippen LogP) is -0.812. The molecule has 101 heavy (non-hydrogen) atoms. The van der Waals surface area contributed by atoms with Gasteiger partial charge in [-0.15, -0.1) is 11.6 Å². The number of aromatic hydroxyl groups is 3. The van der Waals surface area contributed by atoms with Gasteiger partial charge >= 0.3 is 5.97 Å². The molecule has 0 spiro atoms. The van der Waals surface area contributed by atoms with Crippen LogP contribution in [0.2, 0.25) is 5.02 Å². The molecule has 544 valence electrons. The average Bonchev–Trinajstić information content (AvgIpc) is 0.771. The van der Waals surface area contributed by atoms with E-state index in [0.717, 1.165) is 48.5 Å². The second kappa shape index (κ2) is 30.3. The van der Waals surface area contributed by atoms with Gasteiger partial charge in [-0.25, -0.2) is 4.79 Å². The summed E-state index contributed by atoms with van der Waals surface area (Å²) < 4.78 is 38.4. The van der Waals surface area contributed by atoms with Crippen LogP contribution in [0.5, 0.6) is 40.2 Å². The third-order valence-corrected chi connectivity index (χ3v) is 18.7. The van der Waals surface area contributed by atoms with E-state index in [0.29, 0.717) is 0 Å². The molecule has 21 N–H and O–H groups in total. The summed E-state index contributed by atoms with van der Waals surface area (Å²) in [5.41, 5.74) is 8.25. The second-order valence-corrected chi connectivity index (χ2v) is 26.9. The van der Waals surface area contributed by atoms with Crippen molar-refractivity contribution in [2.24, 2.45) is 17.4 Å². The van der Waals surface area contributed by atoms with E-state index in [9.17, 15) is 75.0 Å². The molecule has 4 aromatic carbocycles. The van der Waals surface area contributed by atoms with Crippen molar-refractivity contribution in [3.63, 3.8) is 0 Å². The number of amides is 7. The number of primary amides is 1. The summed E-state index contributed by atoms with van der Waals surface area (Å²) >= 11 is 14.3. The number of halogens is 2. The van der Waals surface area contributed by atoms with Gasteiger partial charge in [0.2, 0.25) is 53.4 Å². The second-order valence-electron chi connectivity index (χ2n) is 26.0. The van der Waals surface area contributed by atoms with Gasteiger partial charge in [0, 0.05) is 34.7 Å². The third kappa shape index (κ3) is 15.9. The molecule has 1 unspecified atom stereocenters. The number of benzene rings is 4. The van der Waals surface area contributed by atoms with E-state index >= 15 is 14.4 Å². The maximum Gasteiger partial charge on any atom is 0.330 e. The van der Waals surface area contributed by atoms with E-state index in [4.69, 9.17) is 63.1 Å². The van der Waals surface area contributed by atoms with Crippen LogP contribution in [-0.2, 0) is 52.6 Å². The Balaban J connectivity index is 1.24. The van der Waals surface area contributed by atoms with E-state index in [1.54, 1.807) is 0 Å². The van der Waals surface area contributed by atoms with Crippen LogP contribution < -0.4 is 62.9 Å². The summed E-state index contributed by atoms with van der Waals surface area (Å²) in [6.45, 7) is 5.68. The fourth-order valence-corrected chi connectivity index (χ4v) is 13.2. The number of carboxylic acid groups (broad SMARTS) is 1. The number of allylic oxidation sites excluding steroid dienone is 3. The first-order chi connectivity index (χ1) is 47.7. The van der Waals surface area contributed by atoms with Crippen molar-refractivity contribution >= 4 is 70.5 Å². The van der Waals surface area contributed by atoms with Gasteiger partial charge in [0.25, 0.3) is 0 Å². The van der Waals surface area contributed by atoms with E-state index < -0.39 is 238 Å². The monoisotopic (exact) mass is 1450 g/mol. The lowest BCUT2D eigenvalue weighted by molar-refractivity contribution is -0.333. The van der Waals surface area contributed by atoms with Crippen molar-refractivity contribution in [3.05, 3.63) is 111 Å². The third-order valence-electron chi connectivity index (χ3n) is 18.0. The van der Waals surface area contributed by atoms with Crippen LogP contribution in [0.25, 0.3) is 11.1 Å². The highest BCUT2D eigenvalue weighted by Gasteiger charge is 2.52. The molecule has 19 atom stereocenters. The topological polar surface area (TPSA) is 530 Å². The maximum atomic E-state index is 16.0. The minimum Gasteiger partial charge on any atom is -0.508 e. The first-order valence-electron chi connectivity index (χ1n) is 31.9. The molecule has 4 aromatic rings. The van der Waals surface area contributed by atoms with Gasteiger partial charge in [-0.2, -0.15) is 0 Å². The lowest BCUT2D eigenvalue weighted by Crippen LogP contribution is -2.64. The molecule has 12 rings (SSSR count). The molecule has 35 heteroatoms. The van der Waals surface area contributed by atoms with Gasteiger partial charge in [-0.1, -0.05) is 43.7 Å². The number of ether oxygens (including phenoxy) is 6. The number of phenols is 3. The maximum absolute atomic E-state index is 16.0. The van der Waals surface area contributed by atoms with Crippen molar-refractivity contribution in [1.29, 1.82) is 0 Å². The number of carbonyl (C=O) groups is 8. The molecule has 0 aromatic heterocycles. The highest BCUT2D eigenvalue weighted by molar-refractivity contribution is 6.32. The Morgan fingerprint density at radius 2 is 1.45 bits per heavy atom. The number of likely N-dealkylation sites (N-methyl/N-ethyl adjacent to an activating group) is 1. The number of rotatable bonds is 13. The quantitative estimate of drug-likeness (QED) is 0.0728. The van der Waals surface area contributed by atoms with Crippen molar-refractivity contribution in [3.8, 4) is 51.4 Å². The smallest absolute Gasteiger partial charge is 0.330 e. The zero-order chi connectivity index (χ0) is 73.5. The lowest BCUT2D eigenvalue weighted by atomic mass is 9.86. The average molecular weight is 1450 g/mol. The molecule has 1 aliphatic carbocycles. The SMILES string of the molecule is CN[C@H](CC(C)C)C(=O)N[C@H]1C(=O)N[C@@H](CC(N)=O)C(=O)N[C@H]2C(=O)N[C@H]3C(=O)N[C@H](C(=O)N[C@@H](C(=O)O)c4cc(O)cc(O)c4-c4cc3ccc4O)[C@H](O)C3=CC=C(Oc4cc2cc(c4O[C@@H]2O[C@H](CO)[C@@H](O)[C@H](O)[C@H]2O[C@H]2C[C@](C)(N)[C@H](O)[C@H](C)O2)Oc2ccc(cc2Cl)[C@H]1O)C(Cl)C3. The Bertz CT molecular complexity index is 3990. The molecule has 0 saturated carbocycles. The van der Waals surface area contributed by atoms with Crippen molar-refractivity contribution in [2.45, 2.75) is 168 Å². The standard InChI is InChI=1S/C66H77Cl2N9O24/c1-23(2)12-34(71-5)58(88)76-49-51(83)26-7-10-38(32(67)14-26)97-40-16-28-17-41(55(40)101-65-56(54(86)53(85)42(22-78)99-65)100-44-21-66(4,70)57(87)24(3)96-44)98-39-11-8-27(15-33(39)68)52(84)50-63(93)75-48(64(94)95)31-18-29(79)19-37(81)45(31)30-13-25(6-9-36(30)80)46(60(90)77-50)74-61(91)47(28)73-59(89)35(20-43(69)82)72-62(49)92/h6-11,13-14,16-19,23-24,33-35,42,44,46-54,56-57,65,71,78-81,83-87H,12,15,20-22,70H2,1-5H3,(H2,69,82)(H,72,92)(H,73,89)(H,74,91)(H,75,93)(H,76,88)(H,77,90)(H,94,95)/t24-,33?,34+,35-,42+,44-,46+,47+,48+,49+,50-,51+,52+,53+,54-,56+,57+,65-,66-/m0/s1. The van der Waals surface area contributed by atoms with E-state index in [1.807, 2.05) is 13.8 Å². The van der Waals surface area contributed by atoms with Crippen molar-refractivity contribution < 1.29 is 118 Å². The summed E-state index contributed by atoms with van der Waals surface area (Å²) in [4.78, 5) is 117. The first kappa shape index (κ1) is 74.7. The molecular formula is C66H77Cl2N9O24. The number of fused-ring (bicyclic) bond motifs is 15. The van der Waals surface area contributed by atoms with Crippen LogP contribution in [0.15, 0.2) is 84.1 Å². The van der Waals surface area contributed by atoms with Crippen molar-refractivity contribution in [1.82, 2.24) is 37.2 Å². The fraction of sp³-hybridized carbons (Fsp3) is 0.455. The highest BCUT2D eigenvalue weighted by atomic mass is 35.5. The molecule has 2 fully saturated rings. The van der Waals surface area contributed by atoms with Crippen LogP contribution in [0.1, 0.15) is 99.9 Å². The Kier molecular flexibility index (Phi) is 22.4. The summed E-state index contributed by atoms with van der Waals surface area (Å²) in [6.07, 6.45) is -16.5. The number of carboxylic acids is 1. The molecule has 33 nitrogen and oxygen atoms in total. The summed E-state index contributed by atoms with van der Waals surface area (Å²) in [7, 11) is 1.47. The van der Waals surface area contributed by atoms with Gasteiger partial charge < -0.3 is 128 Å². The zero-order valence-corrected chi connectivity index (χ0v) is 56.0. The number of aliphatic hydroxyl groups is 6. The molecule has 2 saturated heterocycles. The van der Waals surface area contributed by atoms with Gasteiger partial charge in [0.05, 0.1) is 41.7 Å². The fourth-order valence-electron chi connectivity index (χ4n) is 12.7. The normalized spacial score (nSPS) is 31.0. The Hall–Kier alpha value is -8.94. The molecular weight excluding hydrogens is 1370 g/mol. The highest BCUT2D eigenvalue weighted by Crippen LogP contribution is 2.49. The van der Waals surface area contributed by atoms with Crippen LogP contribution in [0.4, 0.5) is 0 Å². The Labute approximate surface area is 585 Å². The van der Waals surface area contributed by atoms with Crippen LogP contribution in [0, 0.1) is 5.92 Å². The van der Waals surface area contributed by atoms with Gasteiger partial charge in [-0.3, -0.25) is 33.6 Å². The summed E-state index contributed by atoms with van der Waals surface area (Å²) in [6, 6.07) is -3.78. The van der Waals surface area contributed by atoms with Gasteiger partial charge in [0.15, 0.2) is 29.9 Å². The minimum atomic E-state index is -2.33. The molecule has 7 amide bonds.